The Bertz CT molecular complexity index is 800. The van der Waals surface area contributed by atoms with E-state index in [-0.39, 0.29) is 30.7 Å². The zero-order valence-corrected chi connectivity index (χ0v) is 23.0. The summed E-state index contributed by atoms with van der Waals surface area (Å²) in [5.41, 5.74) is 11.2. The van der Waals surface area contributed by atoms with Crippen LogP contribution in [0.3, 0.4) is 0 Å². The number of amides is 5. The molecule has 0 aromatic heterocycles. The molecule has 0 saturated heterocycles. The van der Waals surface area contributed by atoms with E-state index in [0.717, 1.165) is 6.42 Å². The molecular weight excluding hydrogens is 480 g/mol. The molecule has 5 amide bonds. The SMILES string of the molecule is CCCN=C(N)NCCC[C@H](NC(=O)[C@H](CC(C)C)NC(=O)CNC(=O)[C@@H](NC(C)=O)C(C)C)C(N)=O. The van der Waals surface area contributed by atoms with E-state index in [1.54, 1.807) is 13.8 Å². The third-order valence-electron chi connectivity index (χ3n) is 5.23. The van der Waals surface area contributed by atoms with E-state index in [1.165, 1.54) is 6.92 Å². The molecule has 0 aliphatic heterocycles. The Labute approximate surface area is 219 Å². The molecule has 0 aliphatic rings. The molecule has 0 unspecified atom stereocenters. The summed E-state index contributed by atoms with van der Waals surface area (Å²) in [5.74, 6) is -2.52. The van der Waals surface area contributed by atoms with Gasteiger partial charge in [-0.15, -0.1) is 0 Å². The van der Waals surface area contributed by atoms with Crippen LogP contribution in [0.1, 0.15) is 67.2 Å². The molecule has 0 aromatic carbocycles. The molecule has 0 spiro atoms. The van der Waals surface area contributed by atoms with Gasteiger partial charge in [-0.05, 0) is 37.5 Å². The molecule has 0 aliphatic carbocycles. The molecule has 0 heterocycles. The van der Waals surface area contributed by atoms with Crippen molar-refractivity contribution in [1.29, 1.82) is 0 Å². The van der Waals surface area contributed by atoms with Crippen molar-refractivity contribution in [2.24, 2.45) is 28.3 Å². The molecule has 37 heavy (non-hydrogen) atoms. The second kappa shape index (κ2) is 18.0. The number of nitrogens with zero attached hydrogens (tertiary/aromatic N) is 1. The largest absolute Gasteiger partial charge is 0.370 e. The lowest BCUT2D eigenvalue weighted by Crippen LogP contribution is -2.55. The lowest BCUT2D eigenvalue weighted by molar-refractivity contribution is -0.133. The fourth-order valence-electron chi connectivity index (χ4n) is 3.35. The summed E-state index contributed by atoms with van der Waals surface area (Å²) >= 11 is 0. The van der Waals surface area contributed by atoms with E-state index in [9.17, 15) is 24.0 Å². The normalized spacial score (nSPS) is 13.9. The van der Waals surface area contributed by atoms with E-state index in [4.69, 9.17) is 11.5 Å². The zero-order valence-electron chi connectivity index (χ0n) is 23.0. The van der Waals surface area contributed by atoms with Gasteiger partial charge in [0, 0.05) is 20.0 Å². The van der Waals surface area contributed by atoms with E-state index in [2.05, 4.69) is 31.6 Å². The van der Waals surface area contributed by atoms with Crippen LogP contribution >= 0.6 is 0 Å². The number of hydrogen-bond donors (Lipinski definition) is 7. The molecule has 9 N–H and O–H groups in total. The number of nitrogens with one attached hydrogen (secondary N) is 5. The molecular formula is C24H46N8O5. The summed E-state index contributed by atoms with van der Waals surface area (Å²) in [7, 11) is 0. The van der Waals surface area contributed by atoms with Crippen molar-refractivity contribution in [2.45, 2.75) is 85.4 Å². The highest BCUT2D eigenvalue weighted by molar-refractivity contribution is 5.93. The highest BCUT2D eigenvalue weighted by Gasteiger charge is 2.27. The first-order valence-corrected chi connectivity index (χ1v) is 12.8. The highest BCUT2D eigenvalue weighted by Crippen LogP contribution is 2.07. The molecule has 0 saturated carbocycles. The maximum absolute atomic E-state index is 12.9. The Morgan fingerprint density at radius 3 is 2.03 bits per heavy atom. The summed E-state index contributed by atoms with van der Waals surface area (Å²) in [6, 6.07) is -2.66. The van der Waals surface area contributed by atoms with E-state index < -0.39 is 41.8 Å². The van der Waals surface area contributed by atoms with Crippen LogP contribution in [0.25, 0.3) is 0 Å². The third-order valence-corrected chi connectivity index (χ3v) is 5.23. The first kappa shape index (κ1) is 33.6. The van der Waals surface area contributed by atoms with E-state index in [1.807, 2.05) is 20.8 Å². The van der Waals surface area contributed by atoms with Crippen LogP contribution in [0.4, 0.5) is 0 Å². The number of carbonyl (C=O) groups excluding carboxylic acids is 5. The van der Waals surface area contributed by atoms with Gasteiger partial charge in [-0.3, -0.25) is 29.0 Å². The third kappa shape index (κ3) is 15.4. The van der Waals surface area contributed by atoms with Crippen molar-refractivity contribution in [3.05, 3.63) is 0 Å². The predicted octanol–water partition coefficient (Wildman–Crippen LogP) is -1.14. The monoisotopic (exact) mass is 526 g/mol. The zero-order chi connectivity index (χ0) is 28.5. The van der Waals surface area contributed by atoms with Gasteiger partial charge in [0.15, 0.2) is 5.96 Å². The van der Waals surface area contributed by atoms with Gasteiger partial charge in [-0.1, -0.05) is 34.6 Å². The summed E-state index contributed by atoms with van der Waals surface area (Å²) in [6.07, 6.45) is 1.94. The number of rotatable bonds is 17. The van der Waals surface area contributed by atoms with Crippen molar-refractivity contribution in [1.82, 2.24) is 26.6 Å². The first-order chi connectivity index (χ1) is 17.3. The average Bonchev–Trinajstić information content (AvgIpc) is 2.80. The van der Waals surface area contributed by atoms with Gasteiger partial charge in [-0.2, -0.15) is 0 Å². The molecule has 0 aromatic rings. The average molecular weight is 527 g/mol. The van der Waals surface area contributed by atoms with Crippen LogP contribution in [-0.2, 0) is 24.0 Å². The van der Waals surface area contributed by atoms with Crippen molar-refractivity contribution < 1.29 is 24.0 Å². The molecule has 0 bridgehead atoms. The second-order valence-corrected chi connectivity index (χ2v) is 9.69. The van der Waals surface area contributed by atoms with Crippen molar-refractivity contribution >= 4 is 35.5 Å². The summed E-state index contributed by atoms with van der Waals surface area (Å²) < 4.78 is 0. The molecule has 0 rings (SSSR count). The molecule has 3 atom stereocenters. The van der Waals surface area contributed by atoms with Crippen LogP contribution in [-0.4, -0.2) is 73.3 Å². The Morgan fingerprint density at radius 1 is 0.865 bits per heavy atom. The molecule has 212 valence electrons. The Hall–Kier alpha value is -3.38. The van der Waals surface area contributed by atoms with Gasteiger partial charge in [0.1, 0.15) is 18.1 Å². The molecule has 0 radical (unpaired) electrons. The van der Waals surface area contributed by atoms with Gasteiger partial charge >= 0.3 is 0 Å². The number of guanidine groups is 1. The summed E-state index contributed by atoms with van der Waals surface area (Å²) in [5, 5.41) is 13.2. The van der Waals surface area contributed by atoms with Crippen LogP contribution < -0.4 is 38.1 Å². The van der Waals surface area contributed by atoms with Gasteiger partial charge in [0.2, 0.25) is 29.5 Å². The quantitative estimate of drug-likeness (QED) is 0.0702. The second-order valence-electron chi connectivity index (χ2n) is 9.69. The van der Waals surface area contributed by atoms with Crippen molar-refractivity contribution in [3.8, 4) is 0 Å². The van der Waals surface area contributed by atoms with Crippen molar-refractivity contribution in [2.75, 3.05) is 19.6 Å². The Morgan fingerprint density at radius 2 is 1.51 bits per heavy atom. The molecule has 13 nitrogen and oxygen atoms in total. The van der Waals surface area contributed by atoms with Crippen LogP contribution in [0.5, 0.6) is 0 Å². The maximum Gasteiger partial charge on any atom is 0.243 e. The van der Waals surface area contributed by atoms with E-state index >= 15 is 0 Å². The topological polar surface area (TPSA) is 210 Å². The highest BCUT2D eigenvalue weighted by atomic mass is 16.2. The lowest BCUT2D eigenvalue weighted by atomic mass is 10.0. The summed E-state index contributed by atoms with van der Waals surface area (Å²) in [4.78, 5) is 65.2. The number of hydrogen-bond acceptors (Lipinski definition) is 6. The first-order valence-electron chi connectivity index (χ1n) is 12.8. The fourth-order valence-corrected chi connectivity index (χ4v) is 3.35. The standard InChI is InChI=1S/C24H46N8O5/c1-7-10-27-24(26)28-11-8-9-17(21(25)35)32-22(36)18(12-14(2)3)31-19(34)13-29-23(37)20(15(4)5)30-16(6)33/h14-15,17-18,20H,7-13H2,1-6H3,(H2,25,35)(H,29,37)(H,30,33)(H,31,34)(H,32,36)(H3,26,27,28)/t17-,18-,20-/m0/s1. The number of carbonyl (C=O) groups is 5. The molecule has 13 heteroatoms. The van der Waals surface area contributed by atoms with Crippen LogP contribution in [0, 0.1) is 11.8 Å². The van der Waals surface area contributed by atoms with Gasteiger partial charge in [-0.25, -0.2) is 0 Å². The predicted molar refractivity (Wildman–Crippen MR) is 142 cm³/mol. The molecule has 0 fully saturated rings. The van der Waals surface area contributed by atoms with E-state index in [0.29, 0.717) is 31.9 Å². The summed E-state index contributed by atoms with van der Waals surface area (Å²) in [6.45, 7) is 11.3. The minimum atomic E-state index is -0.933. The maximum atomic E-state index is 12.9. The van der Waals surface area contributed by atoms with Crippen LogP contribution in [0.15, 0.2) is 4.99 Å². The van der Waals surface area contributed by atoms with Crippen molar-refractivity contribution in [3.63, 3.8) is 0 Å². The number of primary amides is 1. The Balaban J connectivity index is 5.00. The van der Waals surface area contributed by atoms with Gasteiger partial charge in [0.25, 0.3) is 0 Å². The number of aliphatic imine (C=N–C) groups is 1. The van der Waals surface area contributed by atoms with Gasteiger partial charge in [0.05, 0.1) is 6.54 Å². The smallest absolute Gasteiger partial charge is 0.243 e. The van der Waals surface area contributed by atoms with Crippen LogP contribution in [0.2, 0.25) is 0 Å². The minimum absolute atomic E-state index is 0.0531. The lowest BCUT2D eigenvalue weighted by Gasteiger charge is -2.24. The number of nitrogens with two attached hydrogens (primary N) is 2. The van der Waals surface area contributed by atoms with Gasteiger partial charge < -0.3 is 38.1 Å². The Kier molecular flexibility index (Phi) is 16.3. The fraction of sp³-hybridized carbons (Fsp3) is 0.750. The minimum Gasteiger partial charge on any atom is -0.370 e.